The summed E-state index contributed by atoms with van der Waals surface area (Å²) in [5.74, 6) is 1.35. The predicted octanol–water partition coefficient (Wildman–Crippen LogP) is 4.32. The first-order valence-electron chi connectivity index (χ1n) is 11.8. The largest absolute Gasteiger partial charge is 0.490 e. The minimum atomic E-state index is -0.752. The van der Waals surface area contributed by atoms with Crippen LogP contribution < -0.4 is 10.3 Å². The lowest BCUT2D eigenvalue weighted by atomic mass is 10.0. The van der Waals surface area contributed by atoms with E-state index in [1.807, 2.05) is 30.3 Å². The van der Waals surface area contributed by atoms with Crippen LogP contribution in [0.4, 0.5) is 0 Å². The molecule has 2 bridgehead atoms. The number of aromatic nitrogens is 2. The number of aliphatic hydroxyl groups excluding tert-OH is 1. The van der Waals surface area contributed by atoms with E-state index < -0.39 is 6.10 Å². The summed E-state index contributed by atoms with van der Waals surface area (Å²) in [6, 6.07) is 14.3. The molecule has 0 radical (unpaired) electrons. The molecule has 3 unspecified atom stereocenters. The molecule has 0 spiro atoms. The molecule has 3 aromatic heterocycles. The van der Waals surface area contributed by atoms with Gasteiger partial charge in [-0.25, -0.2) is 4.98 Å². The number of benzene rings is 1. The van der Waals surface area contributed by atoms with E-state index in [-0.39, 0.29) is 11.7 Å². The van der Waals surface area contributed by atoms with Gasteiger partial charge in [0.2, 0.25) is 0 Å². The maximum Gasteiger partial charge on any atom is 0.275 e. The molecule has 34 heavy (non-hydrogen) atoms. The number of hydrogen-bond acceptors (Lipinski definition) is 7. The van der Waals surface area contributed by atoms with Crippen LogP contribution in [-0.4, -0.2) is 44.8 Å². The van der Waals surface area contributed by atoms with Crippen LogP contribution in [0.25, 0.3) is 15.9 Å². The summed E-state index contributed by atoms with van der Waals surface area (Å²) in [5.41, 5.74) is 1.28. The van der Waals surface area contributed by atoms with Gasteiger partial charge in [-0.15, -0.1) is 11.3 Å². The summed E-state index contributed by atoms with van der Waals surface area (Å²) in [7, 11) is 2.23. The zero-order chi connectivity index (χ0) is 23.2. The highest BCUT2D eigenvalue weighted by Gasteiger charge is 2.39. The highest BCUT2D eigenvalue weighted by molar-refractivity contribution is 7.18. The fraction of sp³-hybridized carbons (Fsp3) is 0.385. The minimum Gasteiger partial charge on any atom is -0.490 e. The summed E-state index contributed by atoms with van der Waals surface area (Å²) in [6.07, 6.45) is 7.66. The number of piperidine rings is 1. The van der Waals surface area contributed by atoms with E-state index in [9.17, 15) is 9.90 Å². The number of hydrogen-bond donors (Lipinski definition) is 1. The van der Waals surface area contributed by atoms with Crippen molar-refractivity contribution in [2.45, 2.75) is 56.4 Å². The molecule has 1 aromatic carbocycles. The van der Waals surface area contributed by atoms with Gasteiger partial charge in [-0.3, -0.25) is 9.36 Å². The van der Waals surface area contributed by atoms with Crippen LogP contribution >= 0.6 is 11.3 Å². The molecular formula is C26H27N3O4S. The molecule has 7 nitrogen and oxygen atoms in total. The molecule has 2 aliphatic heterocycles. The maximum absolute atomic E-state index is 13.2. The molecule has 3 atom stereocenters. The molecule has 8 heteroatoms. The fourth-order valence-electron chi connectivity index (χ4n) is 5.35. The number of furan rings is 1. The number of fused-ring (bicyclic) bond motifs is 3. The molecule has 0 saturated carbocycles. The quantitative estimate of drug-likeness (QED) is 0.446. The molecule has 2 saturated heterocycles. The molecule has 6 rings (SSSR count). The number of nitrogens with zero attached hydrogens (tertiary/aromatic N) is 3. The van der Waals surface area contributed by atoms with E-state index in [1.165, 1.54) is 30.4 Å². The van der Waals surface area contributed by atoms with Gasteiger partial charge in [0.1, 0.15) is 34.7 Å². The van der Waals surface area contributed by atoms with Crippen LogP contribution in [0.5, 0.6) is 5.75 Å². The van der Waals surface area contributed by atoms with Crippen molar-refractivity contribution in [1.82, 2.24) is 14.5 Å². The zero-order valence-corrected chi connectivity index (χ0v) is 19.8. The maximum atomic E-state index is 13.2. The number of thiophene rings is 1. The lowest BCUT2D eigenvalue weighted by Crippen LogP contribution is -2.43. The van der Waals surface area contributed by atoms with Crippen molar-refractivity contribution in [1.29, 1.82) is 0 Å². The summed E-state index contributed by atoms with van der Waals surface area (Å²) in [5, 5.41) is 10.4. The Bertz CT molecular complexity index is 1330. The Labute approximate surface area is 201 Å². The van der Waals surface area contributed by atoms with Crippen LogP contribution in [0.2, 0.25) is 0 Å². The lowest BCUT2D eigenvalue weighted by molar-refractivity contribution is 0.0662. The Morgan fingerprint density at radius 1 is 1.21 bits per heavy atom. The number of rotatable bonds is 6. The average molecular weight is 478 g/mol. The van der Waals surface area contributed by atoms with Gasteiger partial charge in [-0.2, -0.15) is 0 Å². The van der Waals surface area contributed by atoms with Crippen LogP contribution in [-0.2, 0) is 6.42 Å². The Hall–Kier alpha value is -2.94. The van der Waals surface area contributed by atoms with E-state index in [1.54, 1.807) is 23.0 Å². The van der Waals surface area contributed by atoms with Crippen molar-refractivity contribution in [3.05, 3.63) is 76.0 Å². The van der Waals surface area contributed by atoms with Crippen molar-refractivity contribution in [2.75, 3.05) is 7.05 Å². The van der Waals surface area contributed by atoms with Crippen molar-refractivity contribution in [2.24, 2.45) is 0 Å². The molecule has 1 N–H and O–H groups in total. The van der Waals surface area contributed by atoms with Crippen molar-refractivity contribution in [3.8, 4) is 11.4 Å². The molecule has 0 aliphatic carbocycles. The van der Waals surface area contributed by atoms with E-state index in [0.717, 1.165) is 29.2 Å². The third kappa shape index (κ3) is 3.96. The molecule has 2 aliphatic rings. The van der Waals surface area contributed by atoms with Gasteiger partial charge in [0, 0.05) is 23.4 Å². The third-order valence-electron chi connectivity index (χ3n) is 7.23. The number of aliphatic hydroxyl groups is 1. The summed E-state index contributed by atoms with van der Waals surface area (Å²) in [4.78, 5) is 21.1. The highest BCUT2D eigenvalue weighted by atomic mass is 32.1. The van der Waals surface area contributed by atoms with Gasteiger partial charge in [-0.05, 0) is 75.2 Å². The van der Waals surface area contributed by atoms with Crippen LogP contribution in [0.3, 0.4) is 0 Å². The first-order chi connectivity index (χ1) is 16.5. The third-order valence-corrected chi connectivity index (χ3v) is 8.36. The van der Waals surface area contributed by atoms with Crippen LogP contribution in [0.1, 0.15) is 42.4 Å². The van der Waals surface area contributed by atoms with Crippen molar-refractivity contribution >= 4 is 21.6 Å². The zero-order valence-electron chi connectivity index (χ0n) is 19.0. The van der Waals surface area contributed by atoms with Crippen molar-refractivity contribution in [3.63, 3.8) is 0 Å². The minimum absolute atomic E-state index is 0.116. The Morgan fingerprint density at radius 2 is 1.97 bits per heavy atom. The standard InChI is InChI=1S/C26H27N3O4S/c1-28-17-4-5-18(28)12-20(11-17)33-19-8-6-16(7-9-19)29-15-27-22-13-21(34-25(22)26(29)31)14-23(30)24-3-2-10-32-24/h2-3,6-10,13,15,17-18,20,23,30H,4-5,11-12,14H2,1H3. The van der Waals surface area contributed by atoms with E-state index in [4.69, 9.17) is 9.15 Å². The highest BCUT2D eigenvalue weighted by Crippen LogP contribution is 2.36. The second kappa shape index (κ2) is 8.69. The topological polar surface area (TPSA) is 80.7 Å². The fourth-order valence-corrected chi connectivity index (χ4v) is 6.43. The van der Waals surface area contributed by atoms with E-state index >= 15 is 0 Å². The van der Waals surface area contributed by atoms with E-state index in [0.29, 0.717) is 34.5 Å². The van der Waals surface area contributed by atoms with Gasteiger partial charge >= 0.3 is 0 Å². The lowest BCUT2D eigenvalue weighted by Gasteiger charge is -2.36. The Balaban J connectivity index is 1.19. The smallest absolute Gasteiger partial charge is 0.275 e. The first kappa shape index (κ1) is 21.6. The average Bonchev–Trinajstić information content (AvgIpc) is 3.54. The van der Waals surface area contributed by atoms with Crippen molar-refractivity contribution < 1.29 is 14.3 Å². The summed E-state index contributed by atoms with van der Waals surface area (Å²) < 4.78 is 13.7. The molecule has 2 fully saturated rings. The summed E-state index contributed by atoms with van der Waals surface area (Å²) in [6.45, 7) is 0. The van der Waals surface area contributed by atoms with Crippen LogP contribution in [0, 0.1) is 0 Å². The molecular weight excluding hydrogens is 450 g/mol. The number of ether oxygens (including phenoxy) is 1. The van der Waals surface area contributed by atoms with E-state index in [2.05, 4.69) is 16.9 Å². The normalized spacial score (nSPS) is 23.4. The first-order valence-corrected chi connectivity index (χ1v) is 12.6. The predicted molar refractivity (Wildman–Crippen MR) is 131 cm³/mol. The van der Waals surface area contributed by atoms with Crippen LogP contribution in [0.15, 0.2) is 64.3 Å². The SMILES string of the molecule is CN1C2CCC1CC(Oc1ccc(-n3cnc4cc(CC(O)c5ccco5)sc4c3=O)cc1)C2. The van der Waals surface area contributed by atoms with Gasteiger partial charge in [0.15, 0.2) is 0 Å². The van der Waals surface area contributed by atoms with Gasteiger partial charge in [0.25, 0.3) is 5.56 Å². The van der Waals surface area contributed by atoms with Gasteiger partial charge < -0.3 is 19.2 Å². The molecule has 5 heterocycles. The monoisotopic (exact) mass is 477 g/mol. The Morgan fingerprint density at radius 3 is 2.68 bits per heavy atom. The molecule has 176 valence electrons. The van der Waals surface area contributed by atoms with Gasteiger partial charge in [-0.1, -0.05) is 0 Å². The molecule has 0 amide bonds. The Kier molecular flexibility index (Phi) is 5.51. The summed E-state index contributed by atoms with van der Waals surface area (Å²) >= 11 is 1.37. The van der Waals surface area contributed by atoms with Gasteiger partial charge in [0.05, 0.1) is 17.5 Å². The second-order valence-corrected chi connectivity index (χ2v) is 10.5. The molecule has 4 aromatic rings. The second-order valence-electron chi connectivity index (χ2n) is 9.34.